The fourth-order valence-corrected chi connectivity index (χ4v) is 3.16. The van der Waals surface area contributed by atoms with Crippen molar-refractivity contribution in [1.82, 2.24) is 4.90 Å². The summed E-state index contributed by atoms with van der Waals surface area (Å²) < 4.78 is 5.08. The van der Waals surface area contributed by atoms with Crippen molar-refractivity contribution in [3.8, 4) is 0 Å². The van der Waals surface area contributed by atoms with Crippen LogP contribution < -0.4 is 0 Å². The molecule has 0 spiro atoms. The second kappa shape index (κ2) is 6.86. The Morgan fingerprint density at radius 2 is 1.95 bits per heavy atom. The number of esters is 1. The molecule has 0 aromatic heterocycles. The first-order valence-electron chi connectivity index (χ1n) is 7.73. The van der Waals surface area contributed by atoms with Crippen molar-refractivity contribution in [3.63, 3.8) is 0 Å². The van der Waals surface area contributed by atoms with E-state index in [0.29, 0.717) is 37.7 Å². The Labute approximate surface area is 120 Å². The van der Waals surface area contributed by atoms with Crippen LogP contribution in [0.25, 0.3) is 0 Å². The zero-order valence-corrected chi connectivity index (χ0v) is 12.3. The van der Waals surface area contributed by atoms with Gasteiger partial charge in [-0.1, -0.05) is 19.3 Å². The molecule has 0 aromatic carbocycles. The van der Waals surface area contributed by atoms with Gasteiger partial charge in [0.15, 0.2) is 0 Å². The maximum Gasteiger partial charge on any atom is 0.310 e. The van der Waals surface area contributed by atoms with E-state index >= 15 is 0 Å². The average molecular weight is 279 g/mol. The zero-order chi connectivity index (χ0) is 14.5. The van der Waals surface area contributed by atoms with Crippen LogP contribution in [0.2, 0.25) is 0 Å². The third-order valence-corrected chi connectivity index (χ3v) is 4.36. The molecule has 20 heavy (non-hydrogen) atoms. The summed E-state index contributed by atoms with van der Waals surface area (Å²) in [4.78, 5) is 13.6. The molecular formula is C15H25N3O2. The quantitative estimate of drug-likeness (QED) is 0.474. The molecule has 1 saturated carbocycles. The van der Waals surface area contributed by atoms with Gasteiger partial charge >= 0.3 is 5.97 Å². The Hall–Kier alpha value is -1.39. The summed E-state index contributed by atoms with van der Waals surface area (Å²) in [6.07, 6.45) is 6.95. The number of carbonyl (C=O) groups is 1. The lowest BCUT2D eigenvalue weighted by Crippen LogP contribution is -2.48. The number of carbonyl (C=O) groups excluding carboxylic acids is 1. The van der Waals surface area contributed by atoms with E-state index in [1.807, 2.05) is 6.92 Å². The molecule has 0 amide bonds. The van der Waals surface area contributed by atoms with E-state index in [9.17, 15) is 4.79 Å². The number of piperidine rings is 1. The Morgan fingerprint density at radius 3 is 2.60 bits per heavy atom. The Bertz CT molecular complexity index is 389. The molecule has 0 aromatic rings. The third-order valence-electron chi connectivity index (χ3n) is 4.36. The summed E-state index contributed by atoms with van der Waals surface area (Å²) in [5.41, 5.74) is 0. The van der Waals surface area contributed by atoms with Crippen molar-refractivity contribution in [2.24, 2.45) is 11.8 Å². The van der Waals surface area contributed by atoms with E-state index in [1.165, 1.54) is 19.3 Å². The SMILES string of the molecule is CCOC(=O)C1CCC(=N)N(C(=N)C2CCCCC2)C1. The highest BCUT2D eigenvalue weighted by Crippen LogP contribution is 2.28. The van der Waals surface area contributed by atoms with Gasteiger partial charge in [0.25, 0.3) is 0 Å². The van der Waals surface area contributed by atoms with E-state index < -0.39 is 0 Å². The summed E-state index contributed by atoms with van der Waals surface area (Å²) in [6, 6.07) is 0. The van der Waals surface area contributed by atoms with Crippen LogP contribution in [0.1, 0.15) is 51.9 Å². The van der Waals surface area contributed by atoms with Crippen molar-refractivity contribution in [3.05, 3.63) is 0 Å². The summed E-state index contributed by atoms with van der Waals surface area (Å²) in [7, 11) is 0. The van der Waals surface area contributed by atoms with E-state index in [1.54, 1.807) is 4.90 Å². The largest absolute Gasteiger partial charge is 0.466 e. The maximum atomic E-state index is 11.9. The Morgan fingerprint density at radius 1 is 1.25 bits per heavy atom. The molecule has 1 aliphatic carbocycles. The molecule has 0 radical (unpaired) electrons. The van der Waals surface area contributed by atoms with Gasteiger partial charge in [0.05, 0.1) is 12.5 Å². The highest BCUT2D eigenvalue weighted by Gasteiger charge is 2.33. The molecule has 1 aliphatic heterocycles. The van der Waals surface area contributed by atoms with E-state index in [2.05, 4.69) is 0 Å². The highest BCUT2D eigenvalue weighted by molar-refractivity contribution is 6.00. The molecule has 2 aliphatic rings. The van der Waals surface area contributed by atoms with E-state index in [0.717, 1.165) is 12.8 Å². The number of amidine groups is 2. The second-order valence-electron chi connectivity index (χ2n) is 5.77. The highest BCUT2D eigenvalue weighted by atomic mass is 16.5. The summed E-state index contributed by atoms with van der Waals surface area (Å²) >= 11 is 0. The normalized spacial score (nSPS) is 24.6. The Kier molecular flexibility index (Phi) is 5.15. The maximum absolute atomic E-state index is 11.9. The van der Waals surface area contributed by atoms with Crippen molar-refractivity contribution in [1.29, 1.82) is 10.8 Å². The number of rotatable bonds is 3. The second-order valence-corrected chi connectivity index (χ2v) is 5.77. The molecule has 1 saturated heterocycles. The lowest BCUT2D eigenvalue weighted by Gasteiger charge is -2.37. The van der Waals surface area contributed by atoms with Crippen molar-refractivity contribution >= 4 is 17.6 Å². The van der Waals surface area contributed by atoms with Crippen molar-refractivity contribution in [2.45, 2.75) is 51.9 Å². The fourth-order valence-electron chi connectivity index (χ4n) is 3.16. The van der Waals surface area contributed by atoms with Crippen LogP contribution >= 0.6 is 0 Å². The molecule has 1 heterocycles. The number of likely N-dealkylation sites (tertiary alicyclic amines) is 1. The smallest absolute Gasteiger partial charge is 0.310 e. The number of hydrogen-bond acceptors (Lipinski definition) is 4. The van der Waals surface area contributed by atoms with Gasteiger partial charge in [0.2, 0.25) is 0 Å². The van der Waals surface area contributed by atoms with Crippen LogP contribution in [-0.4, -0.2) is 35.7 Å². The van der Waals surface area contributed by atoms with Crippen LogP contribution in [0.15, 0.2) is 0 Å². The number of hydrogen-bond donors (Lipinski definition) is 2. The summed E-state index contributed by atoms with van der Waals surface area (Å²) in [5.74, 6) is 0.935. The monoisotopic (exact) mass is 279 g/mol. The summed E-state index contributed by atoms with van der Waals surface area (Å²) in [6.45, 7) is 2.66. The average Bonchev–Trinajstić information content (AvgIpc) is 2.48. The molecular weight excluding hydrogens is 254 g/mol. The van der Waals surface area contributed by atoms with Crippen LogP contribution in [0, 0.1) is 22.7 Å². The van der Waals surface area contributed by atoms with E-state index in [-0.39, 0.29) is 17.8 Å². The Balaban J connectivity index is 1.99. The van der Waals surface area contributed by atoms with E-state index in [4.69, 9.17) is 15.6 Å². The molecule has 5 nitrogen and oxygen atoms in total. The van der Waals surface area contributed by atoms with Crippen molar-refractivity contribution in [2.75, 3.05) is 13.2 Å². The summed E-state index contributed by atoms with van der Waals surface area (Å²) in [5, 5.41) is 16.4. The van der Waals surface area contributed by atoms with Crippen LogP contribution in [-0.2, 0) is 9.53 Å². The molecule has 2 rings (SSSR count). The zero-order valence-electron chi connectivity index (χ0n) is 12.3. The van der Waals surface area contributed by atoms with Gasteiger partial charge in [-0.05, 0) is 26.2 Å². The molecule has 2 N–H and O–H groups in total. The van der Waals surface area contributed by atoms with Gasteiger partial charge in [0.1, 0.15) is 11.7 Å². The lowest BCUT2D eigenvalue weighted by molar-refractivity contribution is -0.148. The first-order valence-corrected chi connectivity index (χ1v) is 7.73. The van der Waals surface area contributed by atoms with Gasteiger partial charge in [-0.3, -0.25) is 15.6 Å². The minimum Gasteiger partial charge on any atom is -0.466 e. The number of nitrogens with one attached hydrogen (secondary N) is 2. The van der Waals surface area contributed by atoms with Crippen molar-refractivity contribution < 1.29 is 9.53 Å². The van der Waals surface area contributed by atoms with Gasteiger partial charge in [-0.2, -0.15) is 0 Å². The predicted octanol–water partition coefficient (Wildman–Crippen LogP) is 2.80. The minimum atomic E-state index is -0.187. The standard InChI is InChI=1S/C15H25N3O2/c1-2-20-15(19)12-8-9-13(16)18(10-12)14(17)11-6-4-3-5-7-11/h11-12,16-17H,2-10H2,1H3. The molecule has 0 bridgehead atoms. The minimum absolute atomic E-state index is 0.179. The number of nitrogens with zero attached hydrogens (tertiary/aromatic N) is 1. The third kappa shape index (κ3) is 3.38. The molecule has 1 unspecified atom stereocenters. The number of ether oxygens (including phenoxy) is 1. The van der Waals surface area contributed by atoms with Crippen LogP contribution in [0.4, 0.5) is 0 Å². The van der Waals surface area contributed by atoms with Gasteiger partial charge < -0.3 is 9.64 Å². The lowest BCUT2D eigenvalue weighted by atomic mass is 9.86. The topological polar surface area (TPSA) is 77.2 Å². The van der Waals surface area contributed by atoms with Crippen LogP contribution in [0.3, 0.4) is 0 Å². The van der Waals surface area contributed by atoms with Crippen LogP contribution in [0.5, 0.6) is 0 Å². The van der Waals surface area contributed by atoms with Gasteiger partial charge in [0, 0.05) is 18.9 Å². The molecule has 1 atom stereocenters. The first-order chi connectivity index (χ1) is 9.63. The van der Waals surface area contributed by atoms with Gasteiger partial charge in [-0.25, -0.2) is 0 Å². The molecule has 2 fully saturated rings. The fraction of sp³-hybridized carbons (Fsp3) is 0.800. The molecule has 5 heteroatoms. The van der Waals surface area contributed by atoms with Gasteiger partial charge in [-0.15, -0.1) is 0 Å². The first kappa shape index (κ1) is 15.0. The predicted molar refractivity (Wildman–Crippen MR) is 78.1 cm³/mol. The molecule has 112 valence electrons.